The van der Waals surface area contributed by atoms with Gasteiger partial charge in [0.2, 0.25) is 5.91 Å². The SMILES string of the molecule is CC(C)C(N)=O.Cc1nc(-c2ccccc2)c(-c2ccccc2)o1. The molecular formula is C20H22N2O2. The summed E-state index contributed by atoms with van der Waals surface area (Å²) in [6, 6.07) is 20.2. The second-order valence-electron chi connectivity index (χ2n) is 5.70. The van der Waals surface area contributed by atoms with Crippen LogP contribution in [0.1, 0.15) is 19.7 Å². The Morgan fingerprint density at radius 3 is 1.88 bits per heavy atom. The van der Waals surface area contributed by atoms with Crippen molar-refractivity contribution < 1.29 is 9.21 Å². The van der Waals surface area contributed by atoms with Crippen LogP contribution in [0.3, 0.4) is 0 Å². The third kappa shape index (κ3) is 4.56. The predicted octanol–water partition coefficient (Wildman–Crippen LogP) is 4.44. The van der Waals surface area contributed by atoms with Gasteiger partial charge in [0, 0.05) is 24.0 Å². The van der Waals surface area contributed by atoms with Crippen molar-refractivity contribution in [2.24, 2.45) is 11.7 Å². The Labute approximate surface area is 142 Å². The van der Waals surface area contributed by atoms with Crippen molar-refractivity contribution in [2.75, 3.05) is 0 Å². The minimum absolute atomic E-state index is 0.00926. The highest BCUT2D eigenvalue weighted by Gasteiger charge is 2.14. The number of benzene rings is 2. The minimum atomic E-state index is -0.241. The fraction of sp³-hybridized carbons (Fsp3) is 0.200. The third-order valence-corrected chi connectivity index (χ3v) is 3.39. The molecule has 0 bridgehead atoms. The van der Waals surface area contributed by atoms with E-state index in [0.29, 0.717) is 5.89 Å². The molecule has 3 aromatic rings. The molecule has 0 radical (unpaired) electrons. The number of aromatic nitrogens is 1. The molecule has 4 nitrogen and oxygen atoms in total. The maximum absolute atomic E-state index is 9.92. The first-order valence-corrected chi connectivity index (χ1v) is 7.86. The molecule has 0 aliphatic heterocycles. The van der Waals surface area contributed by atoms with Crippen molar-refractivity contribution >= 4 is 5.91 Å². The molecule has 124 valence electrons. The van der Waals surface area contributed by atoms with E-state index in [2.05, 4.69) is 4.98 Å². The molecule has 1 aromatic heterocycles. The van der Waals surface area contributed by atoms with Crippen molar-refractivity contribution in [2.45, 2.75) is 20.8 Å². The van der Waals surface area contributed by atoms with E-state index in [1.807, 2.05) is 67.6 Å². The van der Waals surface area contributed by atoms with Crippen LogP contribution in [-0.4, -0.2) is 10.9 Å². The van der Waals surface area contributed by atoms with E-state index < -0.39 is 0 Å². The van der Waals surface area contributed by atoms with Crippen LogP contribution in [0.15, 0.2) is 65.1 Å². The Morgan fingerprint density at radius 2 is 1.42 bits per heavy atom. The van der Waals surface area contributed by atoms with E-state index >= 15 is 0 Å². The molecule has 0 fully saturated rings. The predicted molar refractivity (Wildman–Crippen MR) is 96.1 cm³/mol. The van der Waals surface area contributed by atoms with Gasteiger partial charge in [0.25, 0.3) is 0 Å². The molecule has 2 N–H and O–H groups in total. The lowest BCUT2D eigenvalue weighted by molar-refractivity contribution is -0.120. The second-order valence-corrected chi connectivity index (χ2v) is 5.70. The lowest BCUT2D eigenvalue weighted by Gasteiger charge is -2.00. The van der Waals surface area contributed by atoms with Gasteiger partial charge in [-0.15, -0.1) is 0 Å². The number of carbonyl (C=O) groups excluding carboxylic acids is 1. The maximum Gasteiger partial charge on any atom is 0.219 e. The molecule has 0 aliphatic rings. The Kier molecular flexibility index (Phi) is 5.90. The highest BCUT2D eigenvalue weighted by molar-refractivity contribution is 5.76. The van der Waals surface area contributed by atoms with Crippen molar-refractivity contribution in [3.05, 3.63) is 66.6 Å². The molecule has 3 rings (SSSR count). The van der Waals surface area contributed by atoms with Gasteiger partial charge in [0.1, 0.15) is 5.69 Å². The van der Waals surface area contributed by atoms with Crippen LogP contribution in [0.25, 0.3) is 22.6 Å². The first kappa shape index (κ1) is 17.5. The summed E-state index contributed by atoms with van der Waals surface area (Å²) in [5.41, 5.74) is 7.83. The maximum atomic E-state index is 9.92. The first-order valence-electron chi connectivity index (χ1n) is 7.86. The van der Waals surface area contributed by atoms with Crippen LogP contribution in [0.2, 0.25) is 0 Å². The number of aryl methyl sites for hydroxylation is 1. The zero-order valence-corrected chi connectivity index (χ0v) is 14.2. The highest BCUT2D eigenvalue weighted by Crippen LogP contribution is 2.32. The summed E-state index contributed by atoms with van der Waals surface area (Å²) >= 11 is 0. The molecule has 4 heteroatoms. The average molecular weight is 322 g/mol. The molecule has 0 unspecified atom stereocenters. The lowest BCUT2D eigenvalue weighted by atomic mass is 10.1. The number of primary amides is 1. The summed E-state index contributed by atoms with van der Waals surface area (Å²) in [7, 11) is 0. The molecule has 0 spiro atoms. The van der Waals surface area contributed by atoms with Gasteiger partial charge < -0.3 is 10.2 Å². The molecule has 2 aromatic carbocycles. The Bertz CT molecular complexity index is 721. The molecule has 0 aliphatic carbocycles. The van der Waals surface area contributed by atoms with E-state index in [9.17, 15) is 4.79 Å². The average Bonchev–Trinajstić information content (AvgIpc) is 2.99. The van der Waals surface area contributed by atoms with E-state index in [4.69, 9.17) is 10.2 Å². The smallest absolute Gasteiger partial charge is 0.219 e. The zero-order chi connectivity index (χ0) is 17.5. The summed E-state index contributed by atoms with van der Waals surface area (Å²) in [4.78, 5) is 14.4. The quantitative estimate of drug-likeness (QED) is 0.774. The number of hydrogen-bond donors (Lipinski definition) is 1. The van der Waals surface area contributed by atoms with Crippen LogP contribution in [0.4, 0.5) is 0 Å². The largest absolute Gasteiger partial charge is 0.440 e. The normalized spacial score (nSPS) is 10.2. The molecular weight excluding hydrogens is 300 g/mol. The van der Waals surface area contributed by atoms with Gasteiger partial charge in [-0.25, -0.2) is 4.98 Å². The number of nitrogens with zero attached hydrogens (tertiary/aromatic N) is 1. The van der Waals surface area contributed by atoms with Crippen LogP contribution in [0, 0.1) is 12.8 Å². The van der Waals surface area contributed by atoms with Gasteiger partial charge in [-0.1, -0.05) is 74.5 Å². The van der Waals surface area contributed by atoms with Gasteiger partial charge in [-0.05, 0) is 0 Å². The second kappa shape index (κ2) is 8.11. The standard InChI is InChI=1S/C16H13NO.C4H9NO/c1-12-17-15(13-8-4-2-5-9-13)16(18-12)14-10-6-3-7-11-14;1-3(2)4(5)6/h2-11H,1H3;3H,1-2H3,(H2,5,6). The van der Waals surface area contributed by atoms with Gasteiger partial charge in [0.15, 0.2) is 11.7 Å². The molecule has 1 heterocycles. The highest BCUT2D eigenvalue weighted by atomic mass is 16.4. The minimum Gasteiger partial charge on any atom is -0.440 e. The van der Waals surface area contributed by atoms with Crippen LogP contribution >= 0.6 is 0 Å². The summed E-state index contributed by atoms with van der Waals surface area (Å²) in [5.74, 6) is 1.27. The molecule has 24 heavy (non-hydrogen) atoms. The van der Waals surface area contributed by atoms with Gasteiger partial charge >= 0.3 is 0 Å². The van der Waals surface area contributed by atoms with Crippen LogP contribution < -0.4 is 5.73 Å². The number of carbonyl (C=O) groups is 1. The van der Waals surface area contributed by atoms with Crippen molar-refractivity contribution in [1.29, 1.82) is 0 Å². The van der Waals surface area contributed by atoms with Crippen LogP contribution in [-0.2, 0) is 4.79 Å². The zero-order valence-electron chi connectivity index (χ0n) is 14.2. The lowest BCUT2D eigenvalue weighted by Crippen LogP contribution is -2.17. The van der Waals surface area contributed by atoms with Gasteiger partial charge in [0.05, 0.1) is 0 Å². The summed E-state index contributed by atoms with van der Waals surface area (Å²) in [6.45, 7) is 5.41. The van der Waals surface area contributed by atoms with E-state index in [-0.39, 0.29) is 11.8 Å². The topological polar surface area (TPSA) is 69.1 Å². The fourth-order valence-electron chi connectivity index (χ4n) is 2.00. The number of amides is 1. The molecule has 0 atom stereocenters. The summed E-state index contributed by atoms with van der Waals surface area (Å²) < 4.78 is 5.74. The summed E-state index contributed by atoms with van der Waals surface area (Å²) in [6.07, 6.45) is 0. The number of hydrogen-bond acceptors (Lipinski definition) is 3. The number of nitrogens with two attached hydrogens (primary N) is 1. The molecule has 0 saturated carbocycles. The van der Waals surface area contributed by atoms with E-state index in [0.717, 1.165) is 22.6 Å². The first-order chi connectivity index (χ1) is 11.5. The summed E-state index contributed by atoms with van der Waals surface area (Å²) in [5, 5.41) is 0. The monoisotopic (exact) mass is 322 g/mol. The Hall–Kier alpha value is -2.88. The van der Waals surface area contributed by atoms with Gasteiger partial charge in [-0.3, -0.25) is 4.79 Å². The van der Waals surface area contributed by atoms with Crippen molar-refractivity contribution in [1.82, 2.24) is 4.98 Å². The number of rotatable bonds is 3. The van der Waals surface area contributed by atoms with E-state index in [1.165, 1.54) is 0 Å². The Morgan fingerprint density at radius 1 is 0.958 bits per heavy atom. The van der Waals surface area contributed by atoms with Gasteiger partial charge in [-0.2, -0.15) is 0 Å². The fourth-order valence-corrected chi connectivity index (χ4v) is 2.00. The van der Waals surface area contributed by atoms with Crippen molar-refractivity contribution in [3.8, 4) is 22.6 Å². The van der Waals surface area contributed by atoms with Crippen LogP contribution in [0.5, 0.6) is 0 Å². The van der Waals surface area contributed by atoms with E-state index in [1.54, 1.807) is 13.8 Å². The number of oxazole rings is 1. The third-order valence-electron chi connectivity index (χ3n) is 3.39. The Balaban J connectivity index is 0.000000301. The van der Waals surface area contributed by atoms with Crippen molar-refractivity contribution in [3.63, 3.8) is 0 Å². The molecule has 1 amide bonds. The molecule has 0 saturated heterocycles.